The molecule has 8 heteroatoms. The Balaban J connectivity index is 2.90. The van der Waals surface area contributed by atoms with E-state index in [1.165, 1.54) is 19.2 Å². The maximum absolute atomic E-state index is 11.9. The summed E-state index contributed by atoms with van der Waals surface area (Å²) in [5, 5.41) is 16.3. The summed E-state index contributed by atoms with van der Waals surface area (Å²) in [5.41, 5.74) is 0.0784. The summed E-state index contributed by atoms with van der Waals surface area (Å²) >= 11 is 5.93. The molecular weight excluding hydrogens is 286 g/mol. The van der Waals surface area contributed by atoms with Gasteiger partial charge in [0.2, 0.25) is 0 Å². The maximum Gasteiger partial charge on any atom is 0.294 e. The van der Waals surface area contributed by atoms with Crippen LogP contribution in [-0.4, -0.2) is 37.6 Å². The highest BCUT2D eigenvalue weighted by molar-refractivity contribution is 6.34. The maximum atomic E-state index is 11.9. The topological polar surface area (TPSA) is 93.5 Å². The Hall–Kier alpha value is -1.86. The number of ether oxygens (including phenoxy) is 1. The fourth-order valence-electron chi connectivity index (χ4n) is 1.60. The van der Waals surface area contributed by atoms with Crippen molar-refractivity contribution in [2.75, 3.05) is 32.1 Å². The molecule has 1 aromatic rings. The lowest BCUT2D eigenvalue weighted by Crippen LogP contribution is -2.27. The molecule has 110 valence electrons. The average Bonchev–Trinajstić information content (AvgIpc) is 2.42. The molecule has 1 rings (SSSR count). The van der Waals surface area contributed by atoms with E-state index in [0.29, 0.717) is 19.8 Å². The fraction of sp³-hybridized carbons (Fsp3) is 0.417. The molecule has 0 aliphatic carbocycles. The van der Waals surface area contributed by atoms with E-state index in [1.807, 2.05) is 6.92 Å². The van der Waals surface area contributed by atoms with Crippen molar-refractivity contribution in [3.63, 3.8) is 0 Å². The molecule has 0 atom stereocenters. The minimum absolute atomic E-state index is 0.122. The standard InChI is InChI=1S/C12H16ClN3O4/c1-3-20-5-4-15-12(17)8-6-9(13)11(14-2)10(7-8)16(18)19/h6-7,14H,3-5H2,1-2H3,(H,15,17). The highest BCUT2D eigenvalue weighted by Crippen LogP contribution is 2.33. The Bertz CT molecular complexity index is 508. The Kier molecular flexibility index (Phi) is 6.20. The lowest BCUT2D eigenvalue weighted by Gasteiger charge is -2.09. The van der Waals surface area contributed by atoms with Gasteiger partial charge in [-0.3, -0.25) is 14.9 Å². The molecule has 0 unspecified atom stereocenters. The van der Waals surface area contributed by atoms with Crippen LogP contribution in [0.3, 0.4) is 0 Å². The first-order valence-corrected chi connectivity index (χ1v) is 6.40. The Labute approximate surface area is 121 Å². The van der Waals surface area contributed by atoms with Crippen LogP contribution in [-0.2, 0) is 4.74 Å². The third-order valence-corrected chi connectivity index (χ3v) is 2.81. The average molecular weight is 302 g/mol. The van der Waals surface area contributed by atoms with Gasteiger partial charge in [-0.2, -0.15) is 0 Å². The minimum Gasteiger partial charge on any atom is -0.381 e. The Morgan fingerprint density at radius 2 is 2.20 bits per heavy atom. The molecule has 7 nitrogen and oxygen atoms in total. The third kappa shape index (κ3) is 4.07. The molecule has 0 aromatic heterocycles. The van der Waals surface area contributed by atoms with Crippen molar-refractivity contribution >= 4 is 28.9 Å². The smallest absolute Gasteiger partial charge is 0.294 e. The molecule has 0 saturated heterocycles. The van der Waals surface area contributed by atoms with Crippen molar-refractivity contribution < 1.29 is 14.5 Å². The quantitative estimate of drug-likeness (QED) is 0.457. The molecule has 0 aliphatic heterocycles. The van der Waals surface area contributed by atoms with Gasteiger partial charge in [-0.05, 0) is 13.0 Å². The molecule has 0 radical (unpaired) electrons. The second kappa shape index (κ2) is 7.66. The molecular formula is C12H16ClN3O4. The van der Waals surface area contributed by atoms with Crippen LogP contribution in [0.5, 0.6) is 0 Å². The number of carbonyl (C=O) groups excluding carboxylic acids is 1. The summed E-state index contributed by atoms with van der Waals surface area (Å²) in [6.07, 6.45) is 0. The van der Waals surface area contributed by atoms with Crippen molar-refractivity contribution in [3.05, 3.63) is 32.8 Å². The highest BCUT2D eigenvalue weighted by atomic mass is 35.5. The van der Waals surface area contributed by atoms with Crippen LogP contribution in [0, 0.1) is 10.1 Å². The van der Waals surface area contributed by atoms with Crippen molar-refractivity contribution in [1.29, 1.82) is 0 Å². The molecule has 1 amide bonds. The molecule has 0 heterocycles. The Morgan fingerprint density at radius 3 is 2.75 bits per heavy atom. The van der Waals surface area contributed by atoms with Gasteiger partial charge in [0.05, 0.1) is 16.6 Å². The predicted molar refractivity (Wildman–Crippen MR) is 76.5 cm³/mol. The number of benzene rings is 1. The predicted octanol–water partition coefficient (Wildman–Crippen LogP) is 2.06. The number of nitrogens with one attached hydrogen (secondary N) is 2. The summed E-state index contributed by atoms with van der Waals surface area (Å²) < 4.78 is 5.08. The highest BCUT2D eigenvalue weighted by Gasteiger charge is 2.20. The number of amides is 1. The molecule has 0 fully saturated rings. The van der Waals surface area contributed by atoms with E-state index >= 15 is 0 Å². The number of halogens is 1. The minimum atomic E-state index is -0.589. The van der Waals surface area contributed by atoms with Gasteiger partial charge in [-0.15, -0.1) is 0 Å². The van der Waals surface area contributed by atoms with Crippen LogP contribution < -0.4 is 10.6 Å². The molecule has 0 bridgehead atoms. The van der Waals surface area contributed by atoms with Crippen molar-refractivity contribution in [1.82, 2.24) is 5.32 Å². The molecule has 2 N–H and O–H groups in total. The molecule has 0 saturated carbocycles. The number of nitro groups is 1. The monoisotopic (exact) mass is 301 g/mol. The number of hydrogen-bond acceptors (Lipinski definition) is 5. The van der Waals surface area contributed by atoms with Crippen LogP contribution in [0.25, 0.3) is 0 Å². The molecule has 0 spiro atoms. The van der Waals surface area contributed by atoms with Crippen molar-refractivity contribution in [3.8, 4) is 0 Å². The second-order valence-electron chi connectivity index (χ2n) is 3.81. The van der Waals surface area contributed by atoms with E-state index in [-0.39, 0.29) is 22.0 Å². The lowest BCUT2D eigenvalue weighted by atomic mass is 10.1. The Morgan fingerprint density at radius 1 is 1.50 bits per heavy atom. The van der Waals surface area contributed by atoms with Crippen LogP contribution >= 0.6 is 11.6 Å². The van der Waals surface area contributed by atoms with E-state index < -0.39 is 10.8 Å². The first kappa shape index (κ1) is 16.2. The van der Waals surface area contributed by atoms with Gasteiger partial charge in [-0.25, -0.2) is 0 Å². The second-order valence-corrected chi connectivity index (χ2v) is 4.22. The van der Waals surface area contributed by atoms with Gasteiger partial charge in [0.25, 0.3) is 11.6 Å². The fourth-order valence-corrected chi connectivity index (χ4v) is 1.91. The largest absolute Gasteiger partial charge is 0.381 e. The number of rotatable bonds is 7. The van der Waals surface area contributed by atoms with Crippen LogP contribution in [0.2, 0.25) is 5.02 Å². The first-order valence-electron chi connectivity index (χ1n) is 6.02. The summed E-state index contributed by atoms with van der Waals surface area (Å²) in [7, 11) is 1.52. The summed E-state index contributed by atoms with van der Waals surface area (Å²) in [4.78, 5) is 22.2. The van der Waals surface area contributed by atoms with Crippen LogP contribution in [0.4, 0.5) is 11.4 Å². The van der Waals surface area contributed by atoms with E-state index in [2.05, 4.69) is 10.6 Å². The zero-order valence-corrected chi connectivity index (χ0v) is 12.0. The first-order chi connectivity index (χ1) is 9.51. The van der Waals surface area contributed by atoms with E-state index in [4.69, 9.17) is 16.3 Å². The van der Waals surface area contributed by atoms with Crippen molar-refractivity contribution in [2.24, 2.45) is 0 Å². The summed E-state index contributed by atoms with van der Waals surface area (Å²) in [6.45, 7) is 3.12. The van der Waals surface area contributed by atoms with Gasteiger partial charge in [0, 0.05) is 31.8 Å². The van der Waals surface area contributed by atoms with E-state index in [0.717, 1.165) is 0 Å². The summed E-state index contributed by atoms with van der Waals surface area (Å²) in [6, 6.07) is 2.57. The van der Waals surface area contributed by atoms with E-state index in [9.17, 15) is 14.9 Å². The zero-order chi connectivity index (χ0) is 15.1. The zero-order valence-electron chi connectivity index (χ0n) is 11.2. The molecule has 1 aromatic carbocycles. The number of nitro benzene ring substituents is 1. The lowest BCUT2D eigenvalue weighted by molar-refractivity contribution is -0.383. The normalized spacial score (nSPS) is 10.2. The van der Waals surface area contributed by atoms with E-state index in [1.54, 1.807) is 0 Å². The van der Waals surface area contributed by atoms with Gasteiger partial charge >= 0.3 is 0 Å². The SMILES string of the molecule is CCOCCNC(=O)c1cc(Cl)c(NC)c([N+](=O)[O-])c1. The van der Waals surface area contributed by atoms with Crippen LogP contribution in [0.15, 0.2) is 12.1 Å². The van der Waals surface area contributed by atoms with Gasteiger partial charge in [-0.1, -0.05) is 11.6 Å². The number of hydrogen-bond donors (Lipinski definition) is 2. The van der Waals surface area contributed by atoms with Gasteiger partial charge < -0.3 is 15.4 Å². The summed E-state index contributed by atoms with van der Waals surface area (Å²) in [5.74, 6) is -0.433. The van der Waals surface area contributed by atoms with Gasteiger partial charge in [0.1, 0.15) is 5.69 Å². The van der Waals surface area contributed by atoms with Gasteiger partial charge in [0.15, 0.2) is 0 Å². The third-order valence-electron chi connectivity index (χ3n) is 2.51. The number of nitrogens with zero attached hydrogens (tertiary/aromatic N) is 1. The van der Waals surface area contributed by atoms with Crippen LogP contribution in [0.1, 0.15) is 17.3 Å². The molecule has 20 heavy (non-hydrogen) atoms. The number of anilines is 1. The molecule has 0 aliphatic rings. The van der Waals surface area contributed by atoms with Crippen molar-refractivity contribution in [2.45, 2.75) is 6.92 Å². The number of carbonyl (C=O) groups is 1.